The Morgan fingerprint density at radius 1 is 1.71 bits per heavy atom. The zero-order chi connectivity index (χ0) is 10.1. The number of rotatable bonds is 1. The van der Waals surface area contributed by atoms with Crippen molar-refractivity contribution in [1.82, 2.24) is 14.5 Å². The summed E-state index contributed by atoms with van der Waals surface area (Å²) in [5, 5.41) is 0. The molecule has 1 aromatic heterocycles. The molecule has 0 radical (unpaired) electrons. The number of nitrogens with two attached hydrogens (primary N) is 1. The maximum absolute atomic E-state index is 11.8. The van der Waals surface area contributed by atoms with Crippen LogP contribution < -0.4 is 5.73 Å². The highest BCUT2D eigenvalue weighted by atomic mass is 16.2. The normalized spacial score (nSPS) is 21.6. The van der Waals surface area contributed by atoms with E-state index in [4.69, 9.17) is 5.73 Å². The van der Waals surface area contributed by atoms with Gasteiger partial charge in [0.2, 0.25) is 0 Å². The molecule has 5 heteroatoms. The maximum Gasteiger partial charge on any atom is 0.274 e. The summed E-state index contributed by atoms with van der Waals surface area (Å²) in [7, 11) is 1.85. The molecule has 0 saturated carbocycles. The smallest absolute Gasteiger partial charge is 0.274 e. The second-order valence-electron chi connectivity index (χ2n) is 3.72. The third kappa shape index (κ3) is 1.63. The van der Waals surface area contributed by atoms with Gasteiger partial charge >= 0.3 is 0 Å². The second kappa shape index (κ2) is 3.42. The number of hydrogen-bond acceptors (Lipinski definition) is 3. The molecule has 14 heavy (non-hydrogen) atoms. The monoisotopic (exact) mass is 194 g/mol. The van der Waals surface area contributed by atoms with E-state index >= 15 is 0 Å². The fourth-order valence-corrected chi connectivity index (χ4v) is 1.66. The van der Waals surface area contributed by atoms with Crippen LogP contribution in [0, 0.1) is 0 Å². The van der Waals surface area contributed by atoms with Gasteiger partial charge in [0.1, 0.15) is 5.69 Å². The average molecular weight is 194 g/mol. The molecule has 2 rings (SSSR count). The zero-order valence-corrected chi connectivity index (χ0v) is 8.18. The van der Waals surface area contributed by atoms with Gasteiger partial charge in [-0.15, -0.1) is 0 Å². The van der Waals surface area contributed by atoms with Crippen LogP contribution in [0.1, 0.15) is 16.9 Å². The van der Waals surface area contributed by atoms with E-state index in [1.807, 2.05) is 7.05 Å². The Morgan fingerprint density at radius 2 is 2.50 bits per heavy atom. The SMILES string of the molecule is Cn1cnc(C(=O)N2CC[C@H](N)C2)c1. The van der Waals surface area contributed by atoms with Crippen molar-refractivity contribution in [3.8, 4) is 0 Å². The molecule has 0 unspecified atom stereocenters. The molecule has 2 heterocycles. The summed E-state index contributed by atoms with van der Waals surface area (Å²) >= 11 is 0. The number of carbonyl (C=O) groups excluding carboxylic acids is 1. The minimum Gasteiger partial charge on any atom is -0.340 e. The first-order valence-electron chi connectivity index (χ1n) is 4.69. The lowest BCUT2D eigenvalue weighted by Gasteiger charge is -2.13. The summed E-state index contributed by atoms with van der Waals surface area (Å²) in [6.45, 7) is 1.39. The Labute approximate surface area is 82.5 Å². The molecule has 1 aromatic rings. The molecule has 1 aliphatic heterocycles. The van der Waals surface area contributed by atoms with Crippen molar-refractivity contribution in [1.29, 1.82) is 0 Å². The standard InChI is InChI=1S/C9H14N4O/c1-12-5-8(11-6-12)9(14)13-3-2-7(10)4-13/h5-7H,2-4,10H2,1H3/t7-/m0/s1. The molecule has 76 valence electrons. The maximum atomic E-state index is 11.8. The molecule has 0 bridgehead atoms. The van der Waals surface area contributed by atoms with Crippen LogP contribution in [-0.2, 0) is 7.05 Å². The number of carbonyl (C=O) groups is 1. The van der Waals surface area contributed by atoms with Crippen LogP contribution in [0.3, 0.4) is 0 Å². The topological polar surface area (TPSA) is 64.2 Å². The fraction of sp³-hybridized carbons (Fsp3) is 0.556. The van der Waals surface area contributed by atoms with Crippen LogP contribution in [-0.4, -0.2) is 39.5 Å². The molecule has 1 aliphatic rings. The van der Waals surface area contributed by atoms with Gasteiger partial charge in [-0.25, -0.2) is 4.98 Å². The molecule has 1 saturated heterocycles. The van der Waals surface area contributed by atoms with E-state index in [1.165, 1.54) is 0 Å². The summed E-state index contributed by atoms with van der Waals surface area (Å²) in [6, 6.07) is 0.127. The summed E-state index contributed by atoms with van der Waals surface area (Å²) in [5.74, 6) is -0.0152. The molecule has 2 N–H and O–H groups in total. The fourth-order valence-electron chi connectivity index (χ4n) is 1.66. The molecular weight excluding hydrogens is 180 g/mol. The van der Waals surface area contributed by atoms with Crippen molar-refractivity contribution in [3.63, 3.8) is 0 Å². The number of aryl methyl sites for hydroxylation is 1. The van der Waals surface area contributed by atoms with Gasteiger partial charge in [0.25, 0.3) is 5.91 Å². The van der Waals surface area contributed by atoms with E-state index in [9.17, 15) is 4.79 Å². The summed E-state index contributed by atoms with van der Waals surface area (Å²) in [6.07, 6.45) is 4.24. The first-order chi connectivity index (χ1) is 6.66. The average Bonchev–Trinajstić information content (AvgIpc) is 2.73. The highest BCUT2D eigenvalue weighted by Gasteiger charge is 2.25. The Bertz CT molecular complexity index is 346. The Balaban J connectivity index is 2.09. The summed E-state index contributed by atoms with van der Waals surface area (Å²) in [5.41, 5.74) is 6.23. The van der Waals surface area contributed by atoms with Crippen molar-refractivity contribution >= 4 is 5.91 Å². The van der Waals surface area contributed by atoms with Crippen LogP contribution in [0.5, 0.6) is 0 Å². The summed E-state index contributed by atoms with van der Waals surface area (Å²) < 4.78 is 1.77. The van der Waals surface area contributed by atoms with E-state index in [1.54, 1.807) is 22.0 Å². The van der Waals surface area contributed by atoms with Crippen LogP contribution in [0.15, 0.2) is 12.5 Å². The largest absolute Gasteiger partial charge is 0.340 e. The van der Waals surface area contributed by atoms with E-state index in [-0.39, 0.29) is 11.9 Å². The first kappa shape index (κ1) is 9.21. The van der Waals surface area contributed by atoms with Gasteiger partial charge in [-0.2, -0.15) is 0 Å². The molecule has 0 spiro atoms. The highest BCUT2D eigenvalue weighted by Crippen LogP contribution is 2.10. The number of aromatic nitrogens is 2. The van der Waals surface area contributed by atoms with Crippen LogP contribution in [0.4, 0.5) is 0 Å². The molecule has 0 aliphatic carbocycles. The minimum absolute atomic E-state index is 0.0152. The molecule has 5 nitrogen and oxygen atoms in total. The van der Waals surface area contributed by atoms with Crippen LogP contribution >= 0.6 is 0 Å². The van der Waals surface area contributed by atoms with E-state index in [0.717, 1.165) is 13.0 Å². The van der Waals surface area contributed by atoms with Crippen LogP contribution in [0.2, 0.25) is 0 Å². The van der Waals surface area contributed by atoms with Crippen molar-refractivity contribution in [2.24, 2.45) is 12.8 Å². The third-order valence-corrected chi connectivity index (χ3v) is 2.44. The summed E-state index contributed by atoms with van der Waals surface area (Å²) in [4.78, 5) is 17.6. The van der Waals surface area contributed by atoms with Gasteiger partial charge in [-0.1, -0.05) is 0 Å². The highest BCUT2D eigenvalue weighted by molar-refractivity contribution is 5.92. The third-order valence-electron chi connectivity index (χ3n) is 2.44. The van der Waals surface area contributed by atoms with Crippen molar-refractivity contribution < 1.29 is 4.79 Å². The van der Waals surface area contributed by atoms with E-state index in [2.05, 4.69) is 4.98 Å². The molecule has 1 amide bonds. The van der Waals surface area contributed by atoms with Crippen LogP contribution in [0.25, 0.3) is 0 Å². The number of likely N-dealkylation sites (tertiary alicyclic amines) is 1. The predicted octanol–water partition coefficient (Wildman–Crippen LogP) is -0.407. The van der Waals surface area contributed by atoms with Gasteiger partial charge in [-0.05, 0) is 6.42 Å². The molecule has 1 atom stereocenters. The number of nitrogens with zero attached hydrogens (tertiary/aromatic N) is 3. The lowest BCUT2D eigenvalue weighted by atomic mass is 10.3. The lowest BCUT2D eigenvalue weighted by molar-refractivity contribution is 0.0785. The van der Waals surface area contributed by atoms with Crippen molar-refractivity contribution in [2.75, 3.05) is 13.1 Å². The van der Waals surface area contributed by atoms with Gasteiger partial charge in [-0.3, -0.25) is 4.79 Å². The van der Waals surface area contributed by atoms with E-state index < -0.39 is 0 Å². The molecule has 0 aromatic carbocycles. The first-order valence-corrected chi connectivity index (χ1v) is 4.69. The lowest BCUT2D eigenvalue weighted by Crippen LogP contribution is -2.32. The van der Waals surface area contributed by atoms with Gasteiger partial charge in [0, 0.05) is 32.4 Å². The van der Waals surface area contributed by atoms with E-state index in [0.29, 0.717) is 12.2 Å². The van der Waals surface area contributed by atoms with Gasteiger partial charge in [0.15, 0.2) is 0 Å². The predicted molar refractivity (Wildman–Crippen MR) is 51.7 cm³/mol. The molecular formula is C9H14N4O. The van der Waals surface area contributed by atoms with Crippen molar-refractivity contribution in [2.45, 2.75) is 12.5 Å². The number of hydrogen-bond donors (Lipinski definition) is 1. The zero-order valence-electron chi connectivity index (χ0n) is 8.18. The van der Waals surface area contributed by atoms with Gasteiger partial charge in [0.05, 0.1) is 6.33 Å². The van der Waals surface area contributed by atoms with Crippen molar-refractivity contribution in [3.05, 3.63) is 18.2 Å². The number of amides is 1. The Hall–Kier alpha value is -1.36. The number of imidazole rings is 1. The quantitative estimate of drug-likeness (QED) is 0.661. The Kier molecular flexibility index (Phi) is 2.25. The van der Waals surface area contributed by atoms with Gasteiger partial charge < -0.3 is 15.2 Å². The Morgan fingerprint density at radius 3 is 3.00 bits per heavy atom. The minimum atomic E-state index is -0.0152. The molecule has 1 fully saturated rings. The second-order valence-corrected chi connectivity index (χ2v) is 3.72.